The molecule has 1 nitrogen and oxygen atoms in total. The molecule has 1 aliphatic rings. The summed E-state index contributed by atoms with van der Waals surface area (Å²) in [4.78, 5) is 0. The van der Waals surface area contributed by atoms with Gasteiger partial charge in [-0.3, -0.25) is 0 Å². The Balaban J connectivity index is 2.26. The maximum Gasteiger partial charge on any atom is 0.0454 e. The van der Waals surface area contributed by atoms with Gasteiger partial charge in [-0.1, -0.05) is 37.0 Å². The molecule has 1 aromatic carbocycles. The zero-order valence-corrected chi connectivity index (χ0v) is 10.4. The van der Waals surface area contributed by atoms with Crippen molar-refractivity contribution < 1.29 is 0 Å². The first-order valence-corrected chi connectivity index (χ1v) is 5.88. The van der Waals surface area contributed by atoms with Crippen molar-refractivity contribution in [3.05, 3.63) is 33.8 Å². The quantitative estimate of drug-likeness (QED) is 0.834. The lowest BCUT2D eigenvalue weighted by Crippen LogP contribution is -2.15. The van der Waals surface area contributed by atoms with Crippen molar-refractivity contribution in [1.29, 1.82) is 0 Å². The van der Waals surface area contributed by atoms with E-state index in [-0.39, 0.29) is 6.04 Å². The fourth-order valence-electron chi connectivity index (χ4n) is 2.11. The van der Waals surface area contributed by atoms with Crippen LogP contribution in [0.25, 0.3) is 0 Å². The van der Waals surface area contributed by atoms with Gasteiger partial charge in [0, 0.05) is 16.1 Å². The summed E-state index contributed by atoms with van der Waals surface area (Å²) in [6, 6.07) is 5.49. The molecule has 1 saturated carbocycles. The van der Waals surface area contributed by atoms with Gasteiger partial charge in [-0.05, 0) is 41.5 Å². The second-order valence-corrected chi connectivity index (χ2v) is 5.83. The van der Waals surface area contributed by atoms with E-state index in [1.54, 1.807) is 6.07 Å². The van der Waals surface area contributed by atoms with Crippen LogP contribution in [0.4, 0.5) is 0 Å². The molecular formula is C12H15Cl2N. The molecule has 82 valence electrons. The summed E-state index contributed by atoms with van der Waals surface area (Å²) in [5.41, 5.74) is 7.53. The first kappa shape index (κ1) is 11.3. The first-order chi connectivity index (χ1) is 6.92. The smallest absolute Gasteiger partial charge is 0.0454 e. The maximum absolute atomic E-state index is 6.20. The highest BCUT2D eigenvalue weighted by molar-refractivity contribution is 6.33. The molecule has 0 amide bonds. The molecule has 0 aliphatic heterocycles. The van der Waals surface area contributed by atoms with E-state index in [2.05, 4.69) is 13.8 Å². The Hall–Kier alpha value is -0.240. The molecule has 2 atom stereocenters. The molecule has 0 bridgehead atoms. The summed E-state index contributed by atoms with van der Waals surface area (Å²) < 4.78 is 0. The maximum atomic E-state index is 6.20. The van der Waals surface area contributed by atoms with E-state index in [4.69, 9.17) is 28.9 Å². The molecule has 2 N–H and O–H groups in total. The third-order valence-electron chi connectivity index (χ3n) is 3.34. The van der Waals surface area contributed by atoms with Crippen LogP contribution < -0.4 is 5.73 Å². The van der Waals surface area contributed by atoms with Crippen molar-refractivity contribution in [1.82, 2.24) is 0 Å². The minimum Gasteiger partial charge on any atom is -0.324 e. The molecule has 2 rings (SSSR count). The lowest BCUT2D eigenvalue weighted by atomic mass is 9.98. The summed E-state index contributed by atoms with van der Waals surface area (Å²) in [6.45, 7) is 4.46. The molecule has 0 aromatic heterocycles. The van der Waals surface area contributed by atoms with Crippen LogP contribution in [0.3, 0.4) is 0 Å². The molecule has 3 heteroatoms. The number of nitrogens with two attached hydrogens (primary N) is 1. The van der Waals surface area contributed by atoms with Crippen LogP contribution in [0.15, 0.2) is 18.2 Å². The van der Waals surface area contributed by atoms with Gasteiger partial charge in [0.15, 0.2) is 0 Å². The average Bonchev–Trinajstić information content (AvgIpc) is 2.78. The predicted octanol–water partition coefficient (Wildman–Crippen LogP) is 4.04. The minimum absolute atomic E-state index is 0.00574. The van der Waals surface area contributed by atoms with Crippen molar-refractivity contribution in [2.24, 2.45) is 17.1 Å². The van der Waals surface area contributed by atoms with E-state index >= 15 is 0 Å². The van der Waals surface area contributed by atoms with Gasteiger partial charge in [-0.2, -0.15) is 0 Å². The molecule has 0 saturated heterocycles. The zero-order valence-electron chi connectivity index (χ0n) is 8.93. The monoisotopic (exact) mass is 243 g/mol. The van der Waals surface area contributed by atoms with Crippen LogP contribution in [0.1, 0.15) is 31.9 Å². The van der Waals surface area contributed by atoms with E-state index in [9.17, 15) is 0 Å². The van der Waals surface area contributed by atoms with Gasteiger partial charge in [-0.15, -0.1) is 0 Å². The Labute approximate surface area is 101 Å². The Morgan fingerprint density at radius 2 is 2.00 bits per heavy atom. The number of halogens is 2. The van der Waals surface area contributed by atoms with Crippen molar-refractivity contribution >= 4 is 23.2 Å². The third-order valence-corrected chi connectivity index (χ3v) is 3.92. The van der Waals surface area contributed by atoms with Crippen molar-refractivity contribution in [3.8, 4) is 0 Å². The predicted molar refractivity (Wildman–Crippen MR) is 65.3 cm³/mol. The second-order valence-electron chi connectivity index (χ2n) is 4.99. The van der Waals surface area contributed by atoms with Gasteiger partial charge < -0.3 is 5.73 Å². The van der Waals surface area contributed by atoms with Crippen LogP contribution in [0, 0.1) is 11.3 Å². The highest BCUT2D eigenvalue weighted by Crippen LogP contribution is 2.57. The topological polar surface area (TPSA) is 26.0 Å². The highest BCUT2D eigenvalue weighted by Gasteiger charge is 2.49. The van der Waals surface area contributed by atoms with Crippen LogP contribution in [0.2, 0.25) is 10.0 Å². The molecule has 15 heavy (non-hydrogen) atoms. The largest absolute Gasteiger partial charge is 0.324 e. The lowest BCUT2D eigenvalue weighted by molar-refractivity contribution is 0.491. The molecule has 0 radical (unpaired) electrons. The zero-order chi connectivity index (χ0) is 11.2. The Bertz CT molecular complexity index is 387. The number of benzene rings is 1. The number of rotatable bonds is 2. The minimum atomic E-state index is 0.00574. The van der Waals surface area contributed by atoms with Crippen LogP contribution in [0.5, 0.6) is 0 Å². The fourth-order valence-corrected chi connectivity index (χ4v) is 2.53. The van der Waals surface area contributed by atoms with Crippen molar-refractivity contribution in [2.45, 2.75) is 26.3 Å². The van der Waals surface area contributed by atoms with Crippen molar-refractivity contribution in [3.63, 3.8) is 0 Å². The average molecular weight is 244 g/mol. The Morgan fingerprint density at radius 1 is 1.40 bits per heavy atom. The fraction of sp³-hybridized carbons (Fsp3) is 0.500. The van der Waals surface area contributed by atoms with E-state index < -0.39 is 0 Å². The first-order valence-electron chi connectivity index (χ1n) is 5.12. The molecule has 2 unspecified atom stereocenters. The summed E-state index contributed by atoms with van der Waals surface area (Å²) in [6.07, 6.45) is 1.16. The molecular weight excluding hydrogens is 229 g/mol. The number of hydrogen-bond acceptors (Lipinski definition) is 1. The normalized spacial score (nSPS) is 25.0. The molecule has 1 aromatic rings. The van der Waals surface area contributed by atoms with Crippen molar-refractivity contribution in [2.75, 3.05) is 0 Å². The highest BCUT2D eigenvalue weighted by atomic mass is 35.5. The molecule has 0 spiro atoms. The molecule has 1 fully saturated rings. The van der Waals surface area contributed by atoms with Crippen LogP contribution in [-0.2, 0) is 0 Å². The van der Waals surface area contributed by atoms with Crippen LogP contribution >= 0.6 is 23.2 Å². The van der Waals surface area contributed by atoms with Crippen LogP contribution in [-0.4, -0.2) is 0 Å². The summed E-state index contributed by atoms with van der Waals surface area (Å²) in [5, 5.41) is 1.41. The second kappa shape index (κ2) is 3.65. The number of hydrogen-bond donors (Lipinski definition) is 1. The van der Waals surface area contributed by atoms with Gasteiger partial charge >= 0.3 is 0 Å². The third kappa shape index (κ3) is 2.15. The van der Waals surface area contributed by atoms with Gasteiger partial charge in [-0.25, -0.2) is 0 Å². The Morgan fingerprint density at radius 3 is 2.53 bits per heavy atom. The standard InChI is InChI=1S/C12H15Cl2N/c1-12(2)6-9(12)11(15)8-5-7(13)3-4-10(8)14/h3-5,9,11H,6,15H2,1-2H3. The van der Waals surface area contributed by atoms with E-state index in [1.807, 2.05) is 12.1 Å². The van der Waals surface area contributed by atoms with E-state index in [0.717, 1.165) is 17.0 Å². The van der Waals surface area contributed by atoms with Gasteiger partial charge in [0.25, 0.3) is 0 Å². The van der Waals surface area contributed by atoms with Gasteiger partial charge in [0.2, 0.25) is 0 Å². The van der Waals surface area contributed by atoms with E-state index in [1.165, 1.54) is 0 Å². The Kier molecular flexibility index (Phi) is 2.74. The van der Waals surface area contributed by atoms with Gasteiger partial charge in [0.05, 0.1) is 0 Å². The lowest BCUT2D eigenvalue weighted by Gasteiger charge is -2.15. The molecule has 1 aliphatic carbocycles. The summed E-state index contributed by atoms with van der Waals surface area (Å²) in [5.74, 6) is 0.522. The van der Waals surface area contributed by atoms with E-state index in [0.29, 0.717) is 16.4 Å². The SMILES string of the molecule is CC1(C)CC1C(N)c1cc(Cl)ccc1Cl. The molecule has 0 heterocycles. The van der Waals surface area contributed by atoms with Gasteiger partial charge in [0.1, 0.15) is 0 Å². The summed E-state index contributed by atoms with van der Waals surface area (Å²) in [7, 11) is 0. The summed E-state index contributed by atoms with van der Waals surface area (Å²) >= 11 is 12.1.